The van der Waals surface area contributed by atoms with Crippen molar-refractivity contribution in [3.8, 4) is 0 Å². The Balaban J connectivity index is 2.17. The summed E-state index contributed by atoms with van der Waals surface area (Å²) >= 11 is 0. The van der Waals surface area contributed by atoms with Gasteiger partial charge in [0.05, 0.1) is 6.54 Å². The molecule has 1 N–H and O–H groups in total. The molecule has 94 valence electrons. The molecule has 0 saturated carbocycles. The molecule has 16 heavy (non-hydrogen) atoms. The molecule has 0 aromatic heterocycles. The van der Waals surface area contributed by atoms with Gasteiger partial charge in [0.15, 0.2) is 0 Å². The van der Waals surface area contributed by atoms with E-state index in [0.29, 0.717) is 12.6 Å². The van der Waals surface area contributed by atoms with E-state index in [9.17, 15) is 4.79 Å². The first kappa shape index (κ1) is 13.5. The zero-order chi connectivity index (χ0) is 11.8. The van der Waals surface area contributed by atoms with Crippen LogP contribution in [0.5, 0.6) is 0 Å². The Morgan fingerprint density at radius 1 is 1.31 bits per heavy atom. The summed E-state index contributed by atoms with van der Waals surface area (Å²) in [5.74, 6) is 0.285. The van der Waals surface area contributed by atoms with Crippen LogP contribution in [-0.2, 0) is 4.79 Å². The third-order valence-electron chi connectivity index (χ3n) is 3.40. The zero-order valence-electron chi connectivity index (χ0n) is 10.8. The molecular weight excluding hydrogens is 200 g/mol. The van der Waals surface area contributed by atoms with E-state index in [4.69, 9.17) is 0 Å². The normalized spacial score (nSPS) is 17.8. The number of rotatable bonds is 7. The Hall–Kier alpha value is -0.570. The van der Waals surface area contributed by atoms with Crippen molar-refractivity contribution in [1.82, 2.24) is 10.2 Å². The van der Waals surface area contributed by atoms with Crippen LogP contribution in [0.4, 0.5) is 0 Å². The lowest BCUT2D eigenvalue weighted by atomic mass is 10.1. The van der Waals surface area contributed by atoms with Crippen molar-refractivity contribution in [3.63, 3.8) is 0 Å². The first-order valence-corrected chi connectivity index (χ1v) is 6.79. The summed E-state index contributed by atoms with van der Waals surface area (Å²) in [7, 11) is 0. The van der Waals surface area contributed by atoms with E-state index in [0.717, 1.165) is 19.5 Å². The lowest BCUT2D eigenvalue weighted by Gasteiger charge is -2.20. The van der Waals surface area contributed by atoms with E-state index in [1.54, 1.807) is 0 Å². The summed E-state index contributed by atoms with van der Waals surface area (Å²) in [6, 6.07) is 0.520. The number of hydrogen-bond acceptors (Lipinski definition) is 2. The molecule has 0 aromatic rings. The number of unbranched alkanes of at least 4 members (excludes halogenated alkanes) is 1. The lowest BCUT2D eigenvalue weighted by Crippen LogP contribution is -2.40. The number of carbonyl (C=O) groups excluding carboxylic acids is 1. The Kier molecular flexibility index (Phi) is 6.46. The largest absolute Gasteiger partial charge is 0.342 e. The van der Waals surface area contributed by atoms with Gasteiger partial charge >= 0.3 is 0 Å². The predicted molar refractivity (Wildman–Crippen MR) is 67.4 cm³/mol. The maximum atomic E-state index is 11.8. The highest BCUT2D eigenvalue weighted by molar-refractivity contribution is 5.78. The third-order valence-corrected chi connectivity index (χ3v) is 3.40. The Labute approximate surface area is 99.6 Å². The predicted octanol–water partition coefficient (Wildman–Crippen LogP) is 2.17. The van der Waals surface area contributed by atoms with Crippen molar-refractivity contribution in [2.24, 2.45) is 0 Å². The van der Waals surface area contributed by atoms with E-state index in [-0.39, 0.29) is 5.91 Å². The van der Waals surface area contributed by atoms with Gasteiger partial charge in [-0.1, -0.05) is 26.7 Å². The van der Waals surface area contributed by atoms with E-state index >= 15 is 0 Å². The minimum Gasteiger partial charge on any atom is -0.342 e. The fourth-order valence-corrected chi connectivity index (χ4v) is 2.21. The minimum absolute atomic E-state index is 0.285. The van der Waals surface area contributed by atoms with Crippen LogP contribution >= 0.6 is 0 Å². The highest BCUT2D eigenvalue weighted by atomic mass is 16.2. The number of hydrogen-bond donors (Lipinski definition) is 1. The Morgan fingerprint density at radius 2 is 2.00 bits per heavy atom. The lowest BCUT2D eigenvalue weighted by molar-refractivity contribution is -0.129. The quantitative estimate of drug-likeness (QED) is 0.721. The second-order valence-corrected chi connectivity index (χ2v) is 4.72. The summed E-state index contributed by atoms with van der Waals surface area (Å²) in [4.78, 5) is 13.8. The van der Waals surface area contributed by atoms with Crippen LogP contribution in [0.3, 0.4) is 0 Å². The molecule has 0 radical (unpaired) electrons. The standard InChI is InChI=1S/C13H26N2O/c1-3-5-8-12(4-2)14-11-13(16)15-9-6-7-10-15/h12,14H,3-11H2,1-2H3. The molecule has 1 amide bonds. The van der Waals surface area contributed by atoms with Gasteiger partial charge in [0.1, 0.15) is 0 Å². The number of amides is 1. The monoisotopic (exact) mass is 226 g/mol. The van der Waals surface area contributed by atoms with Crippen molar-refractivity contribution < 1.29 is 4.79 Å². The summed E-state index contributed by atoms with van der Waals surface area (Å²) in [5.41, 5.74) is 0. The molecule has 1 saturated heterocycles. The molecule has 0 aromatic carbocycles. The van der Waals surface area contributed by atoms with Crippen molar-refractivity contribution in [3.05, 3.63) is 0 Å². The van der Waals surface area contributed by atoms with Crippen LogP contribution in [0.15, 0.2) is 0 Å². The van der Waals surface area contributed by atoms with Gasteiger partial charge in [-0.25, -0.2) is 0 Å². The van der Waals surface area contributed by atoms with E-state index in [2.05, 4.69) is 19.2 Å². The fraction of sp³-hybridized carbons (Fsp3) is 0.923. The molecular formula is C13H26N2O. The summed E-state index contributed by atoms with van der Waals surface area (Å²) in [6.45, 7) is 6.86. The molecule has 3 nitrogen and oxygen atoms in total. The first-order valence-electron chi connectivity index (χ1n) is 6.79. The van der Waals surface area contributed by atoms with Gasteiger partial charge < -0.3 is 10.2 Å². The third kappa shape index (κ3) is 4.52. The van der Waals surface area contributed by atoms with Crippen molar-refractivity contribution >= 4 is 5.91 Å². The van der Waals surface area contributed by atoms with Gasteiger partial charge in [-0.2, -0.15) is 0 Å². The van der Waals surface area contributed by atoms with Gasteiger partial charge in [-0.3, -0.25) is 4.79 Å². The van der Waals surface area contributed by atoms with E-state index in [1.165, 1.54) is 32.1 Å². The summed E-state index contributed by atoms with van der Waals surface area (Å²) in [5, 5.41) is 3.39. The summed E-state index contributed by atoms with van der Waals surface area (Å²) < 4.78 is 0. The minimum atomic E-state index is 0.285. The fourth-order valence-electron chi connectivity index (χ4n) is 2.21. The smallest absolute Gasteiger partial charge is 0.236 e. The van der Waals surface area contributed by atoms with Gasteiger partial charge in [0, 0.05) is 19.1 Å². The van der Waals surface area contributed by atoms with Gasteiger partial charge in [0.25, 0.3) is 0 Å². The van der Waals surface area contributed by atoms with E-state index < -0.39 is 0 Å². The molecule has 1 fully saturated rings. The van der Waals surface area contributed by atoms with Gasteiger partial charge in [-0.15, -0.1) is 0 Å². The van der Waals surface area contributed by atoms with Crippen molar-refractivity contribution in [2.75, 3.05) is 19.6 Å². The van der Waals surface area contributed by atoms with Crippen LogP contribution in [-0.4, -0.2) is 36.5 Å². The second-order valence-electron chi connectivity index (χ2n) is 4.72. The second kappa shape index (κ2) is 7.66. The molecule has 1 unspecified atom stereocenters. The number of likely N-dealkylation sites (tertiary alicyclic amines) is 1. The Bertz CT molecular complexity index is 200. The van der Waals surface area contributed by atoms with Crippen LogP contribution in [0.25, 0.3) is 0 Å². The van der Waals surface area contributed by atoms with Crippen molar-refractivity contribution in [1.29, 1.82) is 0 Å². The van der Waals surface area contributed by atoms with E-state index in [1.807, 2.05) is 4.90 Å². The van der Waals surface area contributed by atoms with Crippen LogP contribution in [0.1, 0.15) is 52.4 Å². The number of nitrogens with one attached hydrogen (secondary N) is 1. The average molecular weight is 226 g/mol. The zero-order valence-corrected chi connectivity index (χ0v) is 10.8. The molecule has 3 heteroatoms. The van der Waals surface area contributed by atoms with Crippen molar-refractivity contribution in [2.45, 2.75) is 58.4 Å². The maximum Gasteiger partial charge on any atom is 0.236 e. The topological polar surface area (TPSA) is 32.3 Å². The molecule has 1 rings (SSSR count). The van der Waals surface area contributed by atoms with Gasteiger partial charge in [0.2, 0.25) is 5.91 Å². The first-order chi connectivity index (χ1) is 7.77. The highest BCUT2D eigenvalue weighted by Gasteiger charge is 2.18. The van der Waals surface area contributed by atoms with Crippen LogP contribution < -0.4 is 5.32 Å². The maximum absolute atomic E-state index is 11.8. The molecule has 0 spiro atoms. The highest BCUT2D eigenvalue weighted by Crippen LogP contribution is 2.08. The SMILES string of the molecule is CCCCC(CC)NCC(=O)N1CCCC1. The van der Waals surface area contributed by atoms with Crippen LogP contribution in [0.2, 0.25) is 0 Å². The molecule has 1 aliphatic rings. The Morgan fingerprint density at radius 3 is 2.56 bits per heavy atom. The van der Waals surface area contributed by atoms with Crippen LogP contribution in [0, 0.1) is 0 Å². The molecule has 0 bridgehead atoms. The molecule has 1 heterocycles. The number of nitrogens with zero attached hydrogens (tertiary/aromatic N) is 1. The molecule has 1 aliphatic heterocycles. The average Bonchev–Trinajstić information content (AvgIpc) is 2.82. The molecule has 0 aliphatic carbocycles. The molecule has 1 atom stereocenters. The number of carbonyl (C=O) groups is 1. The summed E-state index contributed by atoms with van der Waals surface area (Å²) in [6.07, 6.45) is 7.16. The van der Waals surface area contributed by atoms with Gasteiger partial charge in [-0.05, 0) is 25.7 Å².